The molecule has 0 unspecified atom stereocenters. The fourth-order valence-corrected chi connectivity index (χ4v) is 5.50. The predicted molar refractivity (Wildman–Crippen MR) is 143 cm³/mol. The van der Waals surface area contributed by atoms with Crippen LogP contribution in [0.1, 0.15) is 31.4 Å². The lowest BCUT2D eigenvalue weighted by molar-refractivity contribution is -0.116. The number of benzene rings is 3. The Kier molecular flexibility index (Phi) is 9.11. The van der Waals surface area contributed by atoms with Gasteiger partial charge in [-0.15, -0.1) is 0 Å². The molecule has 0 aliphatic heterocycles. The lowest BCUT2D eigenvalue weighted by Gasteiger charge is -2.26. The highest BCUT2D eigenvalue weighted by molar-refractivity contribution is 7.89. The molecule has 0 aliphatic carbocycles. The molecule has 192 valence electrons. The molecule has 9 heteroatoms. The highest BCUT2D eigenvalue weighted by Crippen LogP contribution is 2.29. The van der Waals surface area contributed by atoms with Crippen LogP contribution >= 0.6 is 11.6 Å². The number of halogens is 2. The SMILES string of the molecule is CC(C)CC(=O)Nc1ccc(N(C)C)c(CN(Cc2ccc(F)cc2)S(=O)(=O)c2cccc(Cl)c2)c1. The molecular formula is C27H31ClFN3O3S. The zero-order valence-electron chi connectivity index (χ0n) is 20.8. The molecule has 0 aliphatic rings. The quantitative estimate of drug-likeness (QED) is 0.352. The van der Waals surface area contributed by atoms with E-state index in [1.165, 1.54) is 28.6 Å². The van der Waals surface area contributed by atoms with Crippen molar-refractivity contribution in [2.24, 2.45) is 5.92 Å². The van der Waals surface area contributed by atoms with Gasteiger partial charge in [0.2, 0.25) is 15.9 Å². The van der Waals surface area contributed by atoms with Crippen molar-refractivity contribution in [3.05, 3.63) is 88.7 Å². The Balaban J connectivity index is 2.03. The van der Waals surface area contributed by atoms with E-state index in [-0.39, 0.29) is 29.8 Å². The highest BCUT2D eigenvalue weighted by atomic mass is 35.5. The molecular weight excluding hydrogens is 501 g/mol. The summed E-state index contributed by atoms with van der Waals surface area (Å²) in [5.41, 5.74) is 2.73. The van der Waals surface area contributed by atoms with Gasteiger partial charge < -0.3 is 10.2 Å². The summed E-state index contributed by atoms with van der Waals surface area (Å²) < 4.78 is 42.3. The molecule has 3 aromatic rings. The molecule has 0 fully saturated rings. The monoisotopic (exact) mass is 531 g/mol. The average molecular weight is 532 g/mol. The van der Waals surface area contributed by atoms with Crippen LogP contribution in [0.15, 0.2) is 71.6 Å². The third-order valence-electron chi connectivity index (χ3n) is 5.49. The molecule has 0 aromatic heterocycles. The minimum Gasteiger partial charge on any atom is -0.377 e. The number of hydrogen-bond acceptors (Lipinski definition) is 4. The lowest BCUT2D eigenvalue weighted by atomic mass is 10.1. The van der Waals surface area contributed by atoms with Gasteiger partial charge in [0.1, 0.15) is 5.82 Å². The summed E-state index contributed by atoms with van der Waals surface area (Å²) in [6.07, 6.45) is 0.380. The van der Waals surface area contributed by atoms with Gasteiger partial charge in [0.15, 0.2) is 0 Å². The van der Waals surface area contributed by atoms with Gasteiger partial charge in [0.05, 0.1) is 4.90 Å². The minimum atomic E-state index is -3.98. The summed E-state index contributed by atoms with van der Waals surface area (Å²) in [4.78, 5) is 14.3. The van der Waals surface area contributed by atoms with Gasteiger partial charge in [-0.05, 0) is 65.6 Å². The maximum Gasteiger partial charge on any atom is 0.243 e. The first-order valence-corrected chi connectivity index (χ1v) is 13.4. The maximum absolute atomic E-state index is 13.7. The molecule has 3 aromatic carbocycles. The van der Waals surface area contributed by atoms with Crippen LogP contribution < -0.4 is 10.2 Å². The molecule has 1 amide bonds. The summed E-state index contributed by atoms with van der Waals surface area (Å²) in [6, 6.07) is 17.3. The summed E-state index contributed by atoms with van der Waals surface area (Å²) in [7, 11) is -0.242. The van der Waals surface area contributed by atoms with Crippen LogP contribution in [0.5, 0.6) is 0 Å². The van der Waals surface area contributed by atoms with Gasteiger partial charge in [-0.3, -0.25) is 4.79 Å². The van der Waals surface area contributed by atoms with E-state index in [0.29, 0.717) is 28.3 Å². The molecule has 3 rings (SSSR count). The van der Waals surface area contributed by atoms with Crippen LogP contribution in [0.4, 0.5) is 15.8 Å². The van der Waals surface area contributed by atoms with Crippen molar-refractivity contribution in [2.75, 3.05) is 24.3 Å². The fourth-order valence-electron chi connectivity index (χ4n) is 3.79. The second kappa shape index (κ2) is 11.9. The van der Waals surface area contributed by atoms with Gasteiger partial charge >= 0.3 is 0 Å². The average Bonchev–Trinajstić information content (AvgIpc) is 2.79. The van der Waals surface area contributed by atoms with Crippen LogP contribution in [0, 0.1) is 11.7 Å². The third-order valence-corrected chi connectivity index (χ3v) is 7.51. The van der Waals surface area contributed by atoms with E-state index >= 15 is 0 Å². The van der Waals surface area contributed by atoms with E-state index < -0.39 is 15.8 Å². The largest absolute Gasteiger partial charge is 0.377 e. The van der Waals surface area contributed by atoms with Crippen molar-refractivity contribution in [2.45, 2.75) is 38.3 Å². The van der Waals surface area contributed by atoms with E-state index in [9.17, 15) is 17.6 Å². The number of amides is 1. The predicted octanol–water partition coefficient (Wildman–Crippen LogP) is 5.92. The smallest absolute Gasteiger partial charge is 0.243 e. The number of anilines is 2. The normalized spacial score (nSPS) is 11.7. The van der Waals surface area contributed by atoms with Crippen LogP contribution in [0.25, 0.3) is 0 Å². The topological polar surface area (TPSA) is 69.7 Å². The van der Waals surface area contributed by atoms with Crippen molar-refractivity contribution >= 4 is 38.9 Å². The Morgan fingerprint density at radius 3 is 2.31 bits per heavy atom. The van der Waals surface area contributed by atoms with Crippen molar-refractivity contribution in [1.29, 1.82) is 0 Å². The number of rotatable bonds is 10. The summed E-state index contributed by atoms with van der Waals surface area (Å²) in [6.45, 7) is 3.97. The van der Waals surface area contributed by atoms with Crippen LogP contribution in [-0.2, 0) is 27.9 Å². The van der Waals surface area contributed by atoms with Crippen molar-refractivity contribution < 1.29 is 17.6 Å². The Hall–Kier alpha value is -2.94. The Labute approximate surface area is 217 Å². The van der Waals surface area contributed by atoms with E-state index in [0.717, 1.165) is 5.69 Å². The minimum absolute atomic E-state index is 0.0198. The van der Waals surface area contributed by atoms with Crippen LogP contribution in [-0.4, -0.2) is 32.7 Å². The first-order valence-electron chi connectivity index (χ1n) is 11.6. The fraction of sp³-hybridized carbons (Fsp3) is 0.296. The number of sulfonamides is 1. The first-order chi connectivity index (χ1) is 17.0. The summed E-state index contributed by atoms with van der Waals surface area (Å²) >= 11 is 6.09. The van der Waals surface area contributed by atoms with Gasteiger partial charge in [-0.1, -0.05) is 43.6 Å². The van der Waals surface area contributed by atoms with Crippen molar-refractivity contribution in [1.82, 2.24) is 4.31 Å². The van der Waals surface area contributed by atoms with Gasteiger partial charge in [0, 0.05) is 50.0 Å². The number of nitrogens with zero attached hydrogens (tertiary/aromatic N) is 2. The molecule has 0 atom stereocenters. The van der Waals surface area contributed by atoms with E-state index in [2.05, 4.69) is 5.32 Å². The number of nitrogens with one attached hydrogen (secondary N) is 1. The molecule has 36 heavy (non-hydrogen) atoms. The molecule has 0 saturated carbocycles. The third kappa shape index (κ3) is 7.29. The Bertz CT molecular complexity index is 1310. The molecule has 0 heterocycles. The molecule has 0 bridgehead atoms. The van der Waals surface area contributed by atoms with E-state index in [1.807, 2.05) is 38.9 Å². The first kappa shape index (κ1) is 27.6. The zero-order valence-corrected chi connectivity index (χ0v) is 22.4. The Morgan fingerprint density at radius 1 is 1.00 bits per heavy atom. The van der Waals surface area contributed by atoms with Crippen molar-refractivity contribution in [3.8, 4) is 0 Å². The maximum atomic E-state index is 13.7. The lowest BCUT2D eigenvalue weighted by Crippen LogP contribution is -2.31. The Morgan fingerprint density at radius 2 is 1.69 bits per heavy atom. The van der Waals surface area contributed by atoms with Gasteiger partial charge in [-0.25, -0.2) is 12.8 Å². The summed E-state index contributed by atoms with van der Waals surface area (Å²) in [5, 5.41) is 3.21. The van der Waals surface area contributed by atoms with Gasteiger partial charge in [-0.2, -0.15) is 4.31 Å². The molecule has 6 nitrogen and oxygen atoms in total. The molecule has 1 N–H and O–H groups in total. The van der Waals surface area contributed by atoms with Crippen molar-refractivity contribution in [3.63, 3.8) is 0 Å². The standard InChI is InChI=1S/C27H31ClFN3O3S/c1-19(2)14-27(33)30-24-12-13-26(31(3)4)21(15-24)18-32(17-20-8-10-23(29)11-9-20)36(34,35)25-7-5-6-22(28)16-25/h5-13,15-16,19H,14,17-18H2,1-4H3,(H,30,33). The van der Waals surface area contributed by atoms with E-state index in [4.69, 9.17) is 11.6 Å². The van der Waals surface area contributed by atoms with Crippen LogP contribution in [0.2, 0.25) is 5.02 Å². The zero-order chi connectivity index (χ0) is 26.5. The second-order valence-electron chi connectivity index (χ2n) is 9.24. The van der Waals surface area contributed by atoms with E-state index in [1.54, 1.807) is 36.4 Å². The second-order valence-corrected chi connectivity index (χ2v) is 11.6. The number of hydrogen-bond donors (Lipinski definition) is 1. The van der Waals surface area contributed by atoms with Crippen LogP contribution in [0.3, 0.4) is 0 Å². The molecule has 0 spiro atoms. The number of carbonyl (C=O) groups is 1. The summed E-state index contributed by atoms with van der Waals surface area (Å²) in [5.74, 6) is -0.300. The highest BCUT2D eigenvalue weighted by Gasteiger charge is 2.27. The molecule has 0 radical (unpaired) electrons. The number of carbonyl (C=O) groups excluding carboxylic acids is 1. The van der Waals surface area contributed by atoms with Gasteiger partial charge in [0.25, 0.3) is 0 Å². The molecule has 0 saturated heterocycles.